The van der Waals surface area contributed by atoms with Crippen LogP contribution in [-0.2, 0) is 22.5 Å². The molecule has 118 valence electrons. The number of hydrogen-bond donors (Lipinski definition) is 2. The molecule has 1 aliphatic heterocycles. The van der Waals surface area contributed by atoms with E-state index in [4.69, 9.17) is 9.47 Å². The molecule has 3 heterocycles. The molecule has 22 heavy (non-hydrogen) atoms. The minimum Gasteiger partial charge on any atom is -0.381 e. The monoisotopic (exact) mass is 303 g/mol. The van der Waals surface area contributed by atoms with Gasteiger partial charge in [-0.2, -0.15) is 0 Å². The van der Waals surface area contributed by atoms with E-state index in [9.17, 15) is 0 Å². The highest BCUT2D eigenvalue weighted by atomic mass is 16.5. The first-order valence-electron chi connectivity index (χ1n) is 7.51. The van der Waals surface area contributed by atoms with Crippen molar-refractivity contribution in [2.24, 2.45) is 0 Å². The summed E-state index contributed by atoms with van der Waals surface area (Å²) >= 11 is 0. The average molecular weight is 303 g/mol. The summed E-state index contributed by atoms with van der Waals surface area (Å²) in [6.07, 6.45) is 5.40. The smallest absolute Gasteiger partial charge is 0.156 e. The first-order valence-corrected chi connectivity index (χ1v) is 7.51. The fraction of sp³-hybridized carbons (Fsp3) is 0.533. The maximum absolute atomic E-state index is 5.46. The molecular weight excluding hydrogens is 282 g/mol. The lowest BCUT2D eigenvalue weighted by Gasteiger charge is -2.12. The van der Waals surface area contributed by atoms with E-state index in [1.54, 1.807) is 13.4 Å². The van der Waals surface area contributed by atoms with E-state index in [2.05, 4.69) is 25.3 Å². The van der Waals surface area contributed by atoms with Gasteiger partial charge in [-0.1, -0.05) is 0 Å². The van der Waals surface area contributed by atoms with Gasteiger partial charge in [-0.15, -0.1) is 0 Å². The summed E-state index contributed by atoms with van der Waals surface area (Å²) in [5.74, 6) is 1.89. The first-order chi connectivity index (χ1) is 10.8. The SMILES string of the molecule is COCc1nc(NCCc2cnc[nH]2)cc([C@@H]2CCOC2)n1. The summed E-state index contributed by atoms with van der Waals surface area (Å²) in [7, 11) is 1.65. The lowest BCUT2D eigenvalue weighted by atomic mass is 10.0. The quantitative estimate of drug-likeness (QED) is 0.806. The molecule has 7 nitrogen and oxygen atoms in total. The molecule has 2 aromatic rings. The second-order valence-electron chi connectivity index (χ2n) is 5.34. The van der Waals surface area contributed by atoms with E-state index in [1.165, 1.54) is 0 Å². The van der Waals surface area contributed by atoms with Crippen molar-refractivity contribution in [1.82, 2.24) is 19.9 Å². The Morgan fingerprint density at radius 2 is 2.41 bits per heavy atom. The normalized spacial score (nSPS) is 17.8. The van der Waals surface area contributed by atoms with Crippen LogP contribution in [0.25, 0.3) is 0 Å². The summed E-state index contributed by atoms with van der Waals surface area (Å²) in [6.45, 7) is 2.73. The zero-order valence-electron chi connectivity index (χ0n) is 12.7. The molecule has 0 aliphatic carbocycles. The number of ether oxygens (including phenoxy) is 2. The molecule has 0 aromatic carbocycles. The van der Waals surface area contributed by atoms with Crippen LogP contribution < -0.4 is 5.32 Å². The molecule has 1 saturated heterocycles. The maximum Gasteiger partial charge on any atom is 0.156 e. The van der Waals surface area contributed by atoms with Crippen molar-refractivity contribution in [3.8, 4) is 0 Å². The number of hydrogen-bond acceptors (Lipinski definition) is 6. The molecule has 3 rings (SSSR count). The van der Waals surface area contributed by atoms with Gasteiger partial charge in [0.2, 0.25) is 0 Å². The van der Waals surface area contributed by atoms with Crippen molar-refractivity contribution in [3.05, 3.63) is 35.8 Å². The van der Waals surface area contributed by atoms with Gasteiger partial charge in [0.1, 0.15) is 12.4 Å². The Morgan fingerprint density at radius 3 is 3.14 bits per heavy atom. The number of nitrogens with zero attached hydrogens (tertiary/aromatic N) is 3. The maximum atomic E-state index is 5.46. The Morgan fingerprint density at radius 1 is 1.45 bits per heavy atom. The molecule has 0 saturated carbocycles. The van der Waals surface area contributed by atoms with Crippen molar-refractivity contribution in [3.63, 3.8) is 0 Å². The molecule has 2 N–H and O–H groups in total. The topological polar surface area (TPSA) is 85.0 Å². The van der Waals surface area contributed by atoms with E-state index in [0.29, 0.717) is 18.3 Å². The van der Waals surface area contributed by atoms with Gasteiger partial charge in [-0.3, -0.25) is 0 Å². The van der Waals surface area contributed by atoms with Crippen LogP contribution >= 0.6 is 0 Å². The summed E-state index contributed by atoms with van der Waals surface area (Å²) < 4.78 is 10.6. The van der Waals surface area contributed by atoms with Crippen molar-refractivity contribution >= 4 is 5.82 Å². The van der Waals surface area contributed by atoms with Gasteiger partial charge in [0.05, 0.1) is 18.6 Å². The highest BCUT2D eigenvalue weighted by molar-refractivity contribution is 5.37. The third kappa shape index (κ3) is 3.80. The predicted octanol–water partition coefficient (Wildman–Crippen LogP) is 1.50. The van der Waals surface area contributed by atoms with Gasteiger partial charge in [-0.05, 0) is 6.42 Å². The van der Waals surface area contributed by atoms with E-state index in [1.807, 2.05) is 12.3 Å². The van der Waals surface area contributed by atoms with E-state index < -0.39 is 0 Å². The Hall–Kier alpha value is -1.99. The number of H-pyrrole nitrogens is 1. The van der Waals surface area contributed by atoms with Crippen molar-refractivity contribution in [2.45, 2.75) is 25.4 Å². The summed E-state index contributed by atoms with van der Waals surface area (Å²) in [5.41, 5.74) is 2.13. The number of anilines is 1. The Balaban J connectivity index is 1.68. The third-order valence-corrected chi connectivity index (χ3v) is 3.67. The van der Waals surface area contributed by atoms with E-state index in [-0.39, 0.29) is 0 Å². The van der Waals surface area contributed by atoms with Crippen LogP contribution in [0.2, 0.25) is 0 Å². The number of imidazole rings is 1. The second kappa shape index (κ2) is 7.33. The molecule has 1 atom stereocenters. The first kappa shape index (κ1) is 14.9. The lowest BCUT2D eigenvalue weighted by molar-refractivity contribution is 0.177. The Kier molecular flexibility index (Phi) is 4.97. The Labute approximate surface area is 129 Å². The summed E-state index contributed by atoms with van der Waals surface area (Å²) in [5, 5.41) is 3.35. The van der Waals surface area contributed by atoms with E-state index >= 15 is 0 Å². The molecule has 0 amide bonds. The van der Waals surface area contributed by atoms with Crippen LogP contribution in [-0.4, -0.2) is 46.8 Å². The number of aromatic amines is 1. The van der Waals surface area contributed by atoms with Crippen LogP contribution in [0.3, 0.4) is 0 Å². The highest BCUT2D eigenvalue weighted by Gasteiger charge is 2.20. The van der Waals surface area contributed by atoms with Gasteiger partial charge >= 0.3 is 0 Å². The van der Waals surface area contributed by atoms with E-state index in [0.717, 1.165) is 49.8 Å². The van der Waals surface area contributed by atoms with Crippen LogP contribution in [0.5, 0.6) is 0 Å². The standard InChI is InChI=1S/C15H21N5O2/c1-21-9-15-19-13(11-3-5-22-8-11)6-14(20-15)17-4-2-12-7-16-10-18-12/h6-7,10-11H,2-5,8-9H2,1H3,(H,16,18)(H,17,19,20)/t11-/m1/s1. The number of methoxy groups -OCH3 is 1. The fourth-order valence-electron chi connectivity index (χ4n) is 2.53. The second-order valence-corrected chi connectivity index (χ2v) is 5.34. The largest absolute Gasteiger partial charge is 0.381 e. The molecule has 1 aliphatic rings. The zero-order chi connectivity index (χ0) is 15.2. The van der Waals surface area contributed by atoms with Crippen molar-refractivity contribution in [1.29, 1.82) is 0 Å². The van der Waals surface area contributed by atoms with Gasteiger partial charge in [0.15, 0.2) is 5.82 Å². The molecular formula is C15H21N5O2. The van der Waals surface area contributed by atoms with Gasteiger partial charge in [0.25, 0.3) is 0 Å². The number of rotatable bonds is 7. The summed E-state index contributed by atoms with van der Waals surface area (Å²) in [6, 6.07) is 2.02. The summed E-state index contributed by atoms with van der Waals surface area (Å²) in [4.78, 5) is 16.2. The molecule has 0 radical (unpaired) electrons. The highest BCUT2D eigenvalue weighted by Crippen LogP contribution is 2.25. The molecule has 7 heteroatoms. The molecule has 0 bridgehead atoms. The minimum atomic E-state index is 0.353. The van der Waals surface area contributed by atoms with Crippen LogP contribution in [0.15, 0.2) is 18.6 Å². The average Bonchev–Trinajstić information content (AvgIpc) is 3.21. The van der Waals surface area contributed by atoms with Crippen molar-refractivity contribution < 1.29 is 9.47 Å². The van der Waals surface area contributed by atoms with Gasteiger partial charge in [0, 0.05) is 50.6 Å². The van der Waals surface area contributed by atoms with Crippen LogP contribution in [0, 0.1) is 0 Å². The Bertz CT molecular complexity index is 582. The molecule has 2 aromatic heterocycles. The molecule has 0 unspecified atom stereocenters. The van der Waals surface area contributed by atoms with Crippen molar-refractivity contribution in [2.75, 3.05) is 32.2 Å². The molecule has 0 spiro atoms. The minimum absolute atomic E-state index is 0.353. The van der Waals surface area contributed by atoms with Gasteiger partial charge < -0.3 is 19.8 Å². The van der Waals surface area contributed by atoms with Crippen LogP contribution in [0.4, 0.5) is 5.82 Å². The zero-order valence-corrected chi connectivity index (χ0v) is 12.7. The third-order valence-electron chi connectivity index (χ3n) is 3.67. The number of nitrogens with one attached hydrogen (secondary N) is 2. The van der Waals surface area contributed by atoms with Crippen LogP contribution in [0.1, 0.15) is 29.6 Å². The fourth-order valence-corrected chi connectivity index (χ4v) is 2.53. The molecule has 1 fully saturated rings. The lowest BCUT2D eigenvalue weighted by Crippen LogP contribution is -2.12. The number of aromatic nitrogens is 4. The predicted molar refractivity (Wildman–Crippen MR) is 81.7 cm³/mol. The van der Waals surface area contributed by atoms with Gasteiger partial charge in [-0.25, -0.2) is 15.0 Å².